The second kappa shape index (κ2) is 7.38. The lowest BCUT2D eigenvalue weighted by Crippen LogP contribution is -2.40. The maximum atomic E-state index is 12.6. The normalized spacial score (nSPS) is 24.2. The molecule has 2 aliphatic heterocycles. The van der Waals surface area contributed by atoms with Crippen molar-refractivity contribution in [3.8, 4) is 11.5 Å². The Hall–Kier alpha value is -2.69. The van der Waals surface area contributed by atoms with Crippen LogP contribution in [-0.4, -0.2) is 43.4 Å². The Balaban J connectivity index is 1.47. The first-order chi connectivity index (χ1) is 13.4. The van der Waals surface area contributed by atoms with E-state index in [4.69, 9.17) is 9.47 Å². The van der Waals surface area contributed by atoms with E-state index in [0.29, 0.717) is 12.3 Å². The van der Waals surface area contributed by atoms with Crippen molar-refractivity contribution in [3.63, 3.8) is 0 Å². The lowest BCUT2D eigenvalue weighted by atomic mass is 10.1. The van der Waals surface area contributed by atoms with E-state index < -0.39 is 24.2 Å². The standard InChI is InChI=1S/C17H19F3N4O4/c18-17(19,20)28-11-3-4-13(26-10-1-2-10)12(7-11)15-23-24-16(27-15)14(25)22-9-5-6-21-8-9/h3-4,7,9-10,15,21,23H,1-2,5-6,8H2,(H,22,25). The number of alkyl halides is 3. The predicted octanol–water partition coefficient (Wildman–Crippen LogP) is 1.54. The fourth-order valence-corrected chi connectivity index (χ4v) is 2.95. The van der Waals surface area contributed by atoms with Crippen molar-refractivity contribution in [3.05, 3.63) is 23.8 Å². The molecule has 3 aliphatic rings. The summed E-state index contributed by atoms with van der Waals surface area (Å²) in [6.07, 6.45) is -3.22. The van der Waals surface area contributed by atoms with Gasteiger partial charge in [-0.25, -0.2) is 0 Å². The lowest BCUT2D eigenvalue weighted by molar-refractivity contribution is -0.274. The molecule has 28 heavy (non-hydrogen) atoms. The first-order valence-electron chi connectivity index (χ1n) is 8.95. The van der Waals surface area contributed by atoms with Crippen molar-refractivity contribution in [1.29, 1.82) is 0 Å². The third kappa shape index (κ3) is 4.58. The number of ether oxygens (including phenoxy) is 3. The predicted molar refractivity (Wildman–Crippen MR) is 90.6 cm³/mol. The molecule has 1 amide bonds. The van der Waals surface area contributed by atoms with Gasteiger partial charge >= 0.3 is 12.3 Å². The minimum absolute atomic E-state index is 0.0184. The number of carbonyl (C=O) groups excluding carboxylic acids is 1. The average molecular weight is 400 g/mol. The SMILES string of the molecule is O=C(NC1CCNC1)C1=NNC(c2cc(OC(F)(F)F)ccc2OC2CC2)O1. The number of hydrogen-bond donors (Lipinski definition) is 3. The Morgan fingerprint density at radius 3 is 2.79 bits per heavy atom. The highest BCUT2D eigenvalue weighted by Crippen LogP contribution is 2.37. The Morgan fingerprint density at radius 2 is 2.11 bits per heavy atom. The molecule has 0 radical (unpaired) electrons. The number of hydrogen-bond acceptors (Lipinski definition) is 7. The summed E-state index contributed by atoms with van der Waals surface area (Å²) in [6, 6.07) is 3.71. The van der Waals surface area contributed by atoms with E-state index in [1.54, 1.807) is 0 Å². The highest BCUT2D eigenvalue weighted by molar-refractivity contribution is 6.35. The molecule has 8 nitrogen and oxygen atoms in total. The molecule has 0 aromatic heterocycles. The van der Waals surface area contributed by atoms with Crippen LogP contribution in [0.4, 0.5) is 13.2 Å². The fourth-order valence-electron chi connectivity index (χ4n) is 2.95. The summed E-state index contributed by atoms with van der Waals surface area (Å²) in [5.74, 6) is -0.732. The van der Waals surface area contributed by atoms with Crippen LogP contribution in [0.5, 0.6) is 11.5 Å². The molecule has 1 saturated heterocycles. The number of nitrogens with one attached hydrogen (secondary N) is 3. The fraction of sp³-hybridized carbons (Fsp3) is 0.529. The van der Waals surface area contributed by atoms with Gasteiger partial charge in [0.2, 0.25) is 6.23 Å². The van der Waals surface area contributed by atoms with Gasteiger partial charge in [0.1, 0.15) is 11.5 Å². The Morgan fingerprint density at radius 1 is 1.29 bits per heavy atom. The van der Waals surface area contributed by atoms with Crippen molar-refractivity contribution in [2.75, 3.05) is 13.1 Å². The zero-order valence-corrected chi connectivity index (χ0v) is 14.7. The maximum Gasteiger partial charge on any atom is 0.573 e. The van der Waals surface area contributed by atoms with Crippen molar-refractivity contribution in [2.24, 2.45) is 5.10 Å². The van der Waals surface area contributed by atoms with Crippen LogP contribution in [0.1, 0.15) is 31.1 Å². The molecule has 11 heteroatoms. The van der Waals surface area contributed by atoms with Gasteiger partial charge in [0.15, 0.2) is 0 Å². The van der Waals surface area contributed by atoms with Gasteiger partial charge in [0.05, 0.1) is 11.7 Å². The quantitative estimate of drug-likeness (QED) is 0.671. The van der Waals surface area contributed by atoms with Crippen LogP contribution < -0.4 is 25.5 Å². The summed E-state index contributed by atoms with van der Waals surface area (Å²) in [5.41, 5.74) is 2.89. The maximum absolute atomic E-state index is 12.6. The van der Waals surface area contributed by atoms with E-state index >= 15 is 0 Å². The molecule has 4 rings (SSSR count). The van der Waals surface area contributed by atoms with Crippen LogP contribution in [-0.2, 0) is 9.53 Å². The molecule has 0 bridgehead atoms. The van der Waals surface area contributed by atoms with Gasteiger partial charge in [-0.2, -0.15) is 0 Å². The molecule has 2 unspecified atom stereocenters. The van der Waals surface area contributed by atoms with Crippen LogP contribution >= 0.6 is 0 Å². The zero-order chi connectivity index (χ0) is 19.7. The van der Waals surface area contributed by atoms with Gasteiger partial charge in [-0.05, 0) is 44.0 Å². The molecule has 1 aromatic rings. The molecular formula is C17H19F3N4O4. The summed E-state index contributed by atoms with van der Waals surface area (Å²) >= 11 is 0. The molecule has 2 fully saturated rings. The summed E-state index contributed by atoms with van der Waals surface area (Å²) < 4.78 is 52.9. The molecular weight excluding hydrogens is 381 g/mol. The van der Waals surface area contributed by atoms with Crippen LogP contribution in [0, 0.1) is 0 Å². The van der Waals surface area contributed by atoms with Gasteiger partial charge in [-0.3, -0.25) is 10.2 Å². The second-order valence-electron chi connectivity index (χ2n) is 6.77. The largest absolute Gasteiger partial charge is 0.573 e. The molecule has 1 aliphatic carbocycles. The number of benzene rings is 1. The van der Waals surface area contributed by atoms with Crippen molar-refractivity contribution >= 4 is 11.8 Å². The highest BCUT2D eigenvalue weighted by Gasteiger charge is 2.35. The molecule has 1 aromatic carbocycles. The Labute approximate surface area is 158 Å². The van der Waals surface area contributed by atoms with Gasteiger partial charge in [-0.1, -0.05) is 0 Å². The zero-order valence-electron chi connectivity index (χ0n) is 14.7. The van der Waals surface area contributed by atoms with Crippen molar-refractivity contribution in [1.82, 2.24) is 16.1 Å². The summed E-state index contributed by atoms with van der Waals surface area (Å²) in [7, 11) is 0. The number of halogens is 3. The van der Waals surface area contributed by atoms with Gasteiger partial charge in [-0.15, -0.1) is 18.3 Å². The molecule has 3 N–H and O–H groups in total. The van der Waals surface area contributed by atoms with Crippen LogP contribution in [0.2, 0.25) is 0 Å². The van der Waals surface area contributed by atoms with E-state index in [9.17, 15) is 18.0 Å². The van der Waals surface area contributed by atoms with E-state index in [1.807, 2.05) is 0 Å². The first-order valence-corrected chi connectivity index (χ1v) is 8.95. The molecule has 1 saturated carbocycles. The average Bonchev–Trinajstić information content (AvgIpc) is 3.09. The summed E-state index contributed by atoms with van der Waals surface area (Å²) in [5, 5.41) is 9.79. The van der Waals surface area contributed by atoms with E-state index in [1.165, 1.54) is 18.2 Å². The smallest absolute Gasteiger partial charge is 0.490 e. The second-order valence-corrected chi connectivity index (χ2v) is 6.77. The van der Waals surface area contributed by atoms with Gasteiger partial charge in [0, 0.05) is 12.6 Å². The van der Waals surface area contributed by atoms with Crippen LogP contribution in [0.15, 0.2) is 23.3 Å². The molecule has 2 heterocycles. The third-order valence-corrected chi connectivity index (χ3v) is 4.42. The third-order valence-electron chi connectivity index (χ3n) is 4.42. The summed E-state index contributed by atoms with van der Waals surface area (Å²) in [6.45, 7) is 1.47. The van der Waals surface area contributed by atoms with Crippen molar-refractivity contribution in [2.45, 2.75) is 44.0 Å². The monoisotopic (exact) mass is 400 g/mol. The van der Waals surface area contributed by atoms with Crippen LogP contribution in [0.3, 0.4) is 0 Å². The van der Waals surface area contributed by atoms with Gasteiger partial charge < -0.3 is 24.8 Å². The topological polar surface area (TPSA) is 93.2 Å². The lowest BCUT2D eigenvalue weighted by Gasteiger charge is -2.18. The molecule has 0 spiro atoms. The van der Waals surface area contributed by atoms with Crippen LogP contribution in [0.25, 0.3) is 0 Å². The van der Waals surface area contributed by atoms with E-state index in [0.717, 1.165) is 25.8 Å². The number of carbonyl (C=O) groups is 1. The molecule has 152 valence electrons. The number of nitrogens with zero attached hydrogens (tertiary/aromatic N) is 1. The van der Waals surface area contributed by atoms with E-state index in [-0.39, 0.29) is 23.6 Å². The Kier molecular flexibility index (Phi) is 4.92. The van der Waals surface area contributed by atoms with E-state index in [2.05, 4.69) is 25.9 Å². The minimum Gasteiger partial charge on any atom is -0.490 e. The highest BCUT2D eigenvalue weighted by atomic mass is 19.4. The Bertz CT molecular complexity index is 776. The summed E-state index contributed by atoms with van der Waals surface area (Å²) in [4.78, 5) is 12.3. The number of rotatable bonds is 6. The number of amides is 1. The van der Waals surface area contributed by atoms with Gasteiger partial charge in [0.25, 0.3) is 5.90 Å². The van der Waals surface area contributed by atoms with Crippen molar-refractivity contribution < 1.29 is 32.2 Å². The number of hydrazone groups is 1. The first kappa shape index (κ1) is 18.7. The molecule has 2 atom stereocenters. The minimum atomic E-state index is -4.82.